The van der Waals surface area contributed by atoms with Crippen LogP contribution in [0.25, 0.3) is 0 Å². The van der Waals surface area contributed by atoms with Crippen LogP contribution in [0, 0.1) is 25.2 Å². The molecule has 0 N–H and O–H groups in total. The molecule has 0 saturated carbocycles. The Morgan fingerprint density at radius 2 is 2.30 bits per heavy atom. The molecule has 1 unspecified atom stereocenters. The van der Waals surface area contributed by atoms with Crippen molar-refractivity contribution in [1.29, 1.82) is 0 Å². The average Bonchev–Trinajstić information content (AvgIpc) is 1.98. The van der Waals surface area contributed by atoms with E-state index in [0.717, 1.165) is 18.6 Å². The summed E-state index contributed by atoms with van der Waals surface area (Å²) in [7, 11) is 0. The minimum absolute atomic E-state index is 0.442. The molecule has 0 heterocycles. The maximum absolute atomic E-state index is 5.22. The fraction of sp³-hybridized carbons (Fsp3) is 0.667. The molecular weight excluding hydrogens is 140 g/mol. The third kappa shape index (κ3) is 6.04. The molecule has 57 valence electrons. The maximum Gasteiger partial charge on any atom is 0.0179 e. The first-order chi connectivity index (χ1) is 4.81. The van der Waals surface area contributed by atoms with Gasteiger partial charge in [0.2, 0.25) is 0 Å². The summed E-state index contributed by atoms with van der Waals surface area (Å²) in [6.07, 6.45) is 7.38. The van der Waals surface area contributed by atoms with Crippen molar-refractivity contribution in [2.45, 2.75) is 19.8 Å². The van der Waals surface area contributed by atoms with Crippen LogP contribution in [0.2, 0.25) is 0 Å². The lowest BCUT2D eigenvalue weighted by atomic mass is 10.1. The van der Waals surface area contributed by atoms with E-state index in [9.17, 15) is 0 Å². The topological polar surface area (TPSA) is 0 Å². The first-order valence-electron chi connectivity index (χ1n) is 3.64. The van der Waals surface area contributed by atoms with Crippen molar-refractivity contribution < 1.29 is 0 Å². The van der Waals surface area contributed by atoms with Crippen LogP contribution in [0.15, 0.2) is 0 Å². The van der Waals surface area contributed by atoms with E-state index in [0.29, 0.717) is 5.92 Å². The van der Waals surface area contributed by atoms with Gasteiger partial charge >= 0.3 is 0 Å². The molecule has 0 aromatic heterocycles. The Morgan fingerprint density at radius 1 is 1.60 bits per heavy atom. The predicted molar refractivity (Wildman–Crippen MR) is 49.9 cm³/mol. The normalized spacial score (nSPS) is 12.5. The quantitative estimate of drug-likeness (QED) is 0.434. The van der Waals surface area contributed by atoms with Crippen molar-refractivity contribution in [2.75, 3.05) is 11.5 Å². The van der Waals surface area contributed by atoms with E-state index in [4.69, 9.17) is 6.42 Å². The Morgan fingerprint density at radius 3 is 2.80 bits per heavy atom. The Bertz CT molecular complexity index is 102. The number of thioether (sulfide) groups is 1. The fourth-order valence-electron chi connectivity index (χ4n) is 0.548. The highest BCUT2D eigenvalue weighted by Gasteiger charge is 1.94. The molecule has 0 fully saturated rings. The lowest BCUT2D eigenvalue weighted by Crippen LogP contribution is -1.92. The summed E-state index contributed by atoms with van der Waals surface area (Å²) in [5.74, 6) is 5.50. The van der Waals surface area contributed by atoms with Gasteiger partial charge in [-0.3, -0.25) is 0 Å². The Kier molecular flexibility index (Phi) is 6.96. The fourth-order valence-corrected chi connectivity index (χ4v) is 1.48. The largest absolute Gasteiger partial charge is 0.162 e. The predicted octanol–water partition coefficient (Wildman–Crippen LogP) is 2.60. The van der Waals surface area contributed by atoms with Gasteiger partial charge in [-0.25, -0.2) is 0 Å². The van der Waals surface area contributed by atoms with E-state index in [1.807, 2.05) is 11.8 Å². The summed E-state index contributed by atoms with van der Waals surface area (Å²) in [6, 6.07) is 0. The Balaban J connectivity index is 2.98. The van der Waals surface area contributed by atoms with Crippen molar-refractivity contribution in [3.8, 4) is 12.3 Å². The lowest BCUT2D eigenvalue weighted by Gasteiger charge is -2.01. The van der Waals surface area contributed by atoms with E-state index in [1.54, 1.807) is 0 Å². The molecule has 0 aliphatic heterocycles. The minimum atomic E-state index is 0.442. The molecule has 0 aromatic rings. The molecule has 0 aromatic carbocycles. The van der Waals surface area contributed by atoms with Gasteiger partial charge in [-0.2, -0.15) is 11.8 Å². The third-order valence-corrected chi connectivity index (χ3v) is 2.37. The van der Waals surface area contributed by atoms with Gasteiger partial charge in [0.25, 0.3) is 0 Å². The van der Waals surface area contributed by atoms with Crippen LogP contribution in [0.4, 0.5) is 0 Å². The second kappa shape index (κ2) is 7.02. The molecule has 1 atom stereocenters. The van der Waals surface area contributed by atoms with Crippen molar-refractivity contribution in [3.63, 3.8) is 0 Å². The van der Waals surface area contributed by atoms with E-state index < -0.39 is 0 Å². The second-order valence-corrected chi connectivity index (χ2v) is 3.55. The molecule has 0 nitrogen and oxygen atoms in total. The molecule has 0 rings (SSSR count). The summed E-state index contributed by atoms with van der Waals surface area (Å²) in [5.41, 5.74) is 0. The van der Waals surface area contributed by atoms with Gasteiger partial charge in [0, 0.05) is 5.92 Å². The molecule has 0 bridgehead atoms. The van der Waals surface area contributed by atoms with Gasteiger partial charge in [0.05, 0.1) is 0 Å². The summed E-state index contributed by atoms with van der Waals surface area (Å²) >= 11 is 1.94. The van der Waals surface area contributed by atoms with Crippen LogP contribution in [-0.2, 0) is 0 Å². The molecular formula is C9H15S. The summed E-state index contributed by atoms with van der Waals surface area (Å²) in [4.78, 5) is 0. The van der Waals surface area contributed by atoms with Crippen molar-refractivity contribution in [1.82, 2.24) is 0 Å². The first-order valence-corrected chi connectivity index (χ1v) is 4.79. The number of rotatable bonds is 5. The number of terminal acetylenes is 1. The van der Waals surface area contributed by atoms with Crippen LogP contribution in [-0.4, -0.2) is 11.5 Å². The molecule has 0 aliphatic rings. The van der Waals surface area contributed by atoms with Crippen LogP contribution in [0.1, 0.15) is 19.8 Å². The maximum atomic E-state index is 5.22. The van der Waals surface area contributed by atoms with Crippen LogP contribution < -0.4 is 0 Å². The highest BCUT2D eigenvalue weighted by molar-refractivity contribution is 7.99. The molecule has 0 aliphatic carbocycles. The average molecular weight is 155 g/mol. The van der Waals surface area contributed by atoms with E-state index in [-0.39, 0.29) is 0 Å². The Labute approximate surface area is 68.8 Å². The molecule has 0 amide bonds. The van der Waals surface area contributed by atoms with Crippen LogP contribution in [0.5, 0.6) is 0 Å². The van der Waals surface area contributed by atoms with Crippen molar-refractivity contribution in [3.05, 3.63) is 6.92 Å². The zero-order valence-corrected chi connectivity index (χ0v) is 7.41. The van der Waals surface area contributed by atoms with E-state index in [1.165, 1.54) is 5.75 Å². The summed E-state index contributed by atoms with van der Waals surface area (Å²) < 4.78 is 0. The molecule has 0 saturated heterocycles. The van der Waals surface area contributed by atoms with Gasteiger partial charge in [-0.1, -0.05) is 13.8 Å². The SMILES string of the molecule is C#CC(C)CCSCC[CH2]. The molecule has 1 heteroatoms. The third-order valence-electron chi connectivity index (χ3n) is 1.27. The van der Waals surface area contributed by atoms with E-state index in [2.05, 4.69) is 19.8 Å². The number of hydrogen-bond donors (Lipinski definition) is 0. The Hall–Kier alpha value is -0.0900. The molecule has 0 spiro atoms. The summed E-state index contributed by atoms with van der Waals surface area (Å²) in [6.45, 7) is 5.85. The number of hydrogen-bond acceptors (Lipinski definition) is 1. The lowest BCUT2D eigenvalue weighted by molar-refractivity contribution is 0.732. The highest BCUT2D eigenvalue weighted by Crippen LogP contribution is 2.08. The van der Waals surface area contributed by atoms with Crippen molar-refractivity contribution >= 4 is 11.8 Å². The standard InChI is InChI=1S/C9H15S/c1-4-7-10-8-6-9(3)5-2/h2,9H,1,4,6-8H2,3H3. The zero-order valence-electron chi connectivity index (χ0n) is 6.60. The summed E-state index contributed by atoms with van der Waals surface area (Å²) in [5, 5.41) is 0. The van der Waals surface area contributed by atoms with Gasteiger partial charge < -0.3 is 0 Å². The second-order valence-electron chi connectivity index (χ2n) is 2.32. The van der Waals surface area contributed by atoms with Gasteiger partial charge in [0.15, 0.2) is 0 Å². The smallest absolute Gasteiger partial charge is 0.0179 e. The van der Waals surface area contributed by atoms with Gasteiger partial charge in [-0.15, -0.1) is 12.3 Å². The minimum Gasteiger partial charge on any atom is -0.162 e. The van der Waals surface area contributed by atoms with Crippen LogP contribution in [0.3, 0.4) is 0 Å². The van der Waals surface area contributed by atoms with E-state index >= 15 is 0 Å². The molecule has 1 radical (unpaired) electrons. The van der Waals surface area contributed by atoms with Gasteiger partial charge in [-0.05, 0) is 24.3 Å². The zero-order chi connectivity index (χ0) is 7.82. The first kappa shape index (κ1) is 9.91. The van der Waals surface area contributed by atoms with Gasteiger partial charge in [0.1, 0.15) is 0 Å². The molecule has 10 heavy (non-hydrogen) atoms. The monoisotopic (exact) mass is 155 g/mol. The van der Waals surface area contributed by atoms with Crippen LogP contribution >= 0.6 is 11.8 Å². The highest BCUT2D eigenvalue weighted by atomic mass is 32.2. The van der Waals surface area contributed by atoms with Crippen molar-refractivity contribution in [2.24, 2.45) is 5.92 Å².